The summed E-state index contributed by atoms with van der Waals surface area (Å²) in [5.41, 5.74) is 6.91. The van der Waals surface area contributed by atoms with Gasteiger partial charge >= 0.3 is 0 Å². The normalized spacial score (nSPS) is 10.8. The van der Waals surface area contributed by atoms with Gasteiger partial charge in [-0.25, -0.2) is 15.0 Å². The molecular weight excluding hydrogens is 266 g/mol. The smallest absolute Gasteiger partial charge is 0.176 e. The summed E-state index contributed by atoms with van der Waals surface area (Å²) in [5, 5.41) is 0.892. The molecule has 0 aromatic carbocycles. The highest BCUT2D eigenvalue weighted by atomic mass is 32.2. The Bertz CT molecular complexity index is 526. The Morgan fingerprint density at radius 1 is 1.33 bits per heavy atom. The van der Waals surface area contributed by atoms with Gasteiger partial charge < -0.3 is 5.73 Å². The fourth-order valence-corrected chi connectivity index (χ4v) is 3.23. The largest absolute Gasteiger partial charge is 0.383 e. The molecule has 0 saturated carbocycles. The Hall–Kier alpha value is -1.21. The lowest BCUT2D eigenvalue weighted by Gasteiger charge is -2.07. The standard InChI is InChI=1S/C11H15N5S2/c1-3-5-7-9(12)13-6-14-10(7)17-11-15-8(4-2)16-18-11/h6H,3-5H2,1-2H3,(H2,12,13,14). The number of hydrogen-bond acceptors (Lipinski definition) is 7. The third kappa shape index (κ3) is 2.97. The van der Waals surface area contributed by atoms with Gasteiger partial charge in [0.2, 0.25) is 0 Å². The van der Waals surface area contributed by atoms with Crippen LogP contribution in [0.1, 0.15) is 31.7 Å². The van der Waals surface area contributed by atoms with Gasteiger partial charge in [-0.2, -0.15) is 4.37 Å². The Balaban J connectivity index is 2.25. The maximum Gasteiger partial charge on any atom is 0.176 e. The summed E-state index contributed by atoms with van der Waals surface area (Å²) in [4.78, 5) is 12.8. The van der Waals surface area contributed by atoms with Crippen LogP contribution < -0.4 is 5.73 Å². The molecule has 7 heteroatoms. The lowest BCUT2D eigenvalue weighted by Crippen LogP contribution is -2.01. The molecule has 2 aromatic rings. The molecule has 0 aliphatic carbocycles. The highest BCUT2D eigenvalue weighted by molar-refractivity contribution is 8.00. The first-order chi connectivity index (χ1) is 8.74. The average Bonchev–Trinajstić information content (AvgIpc) is 2.81. The second-order valence-corrected chi connectivity index (χ2v) is 5.71. The van der Waals surface area contributed by atoms with Crippen molar-refractivity contribution in [3.8, 4) is 0 Å². The van der Waals surface area contributed by atoms with Crippen LogP contribution in [-0.2, 0) is 12.8 Å². The van der Waals surface area contributed by atoms with Crippen LogP contribution in [0.2, 0.25) is 0 Å². The van der Waals surface area contributed by atoms with E-state index in [1.54, 1.807) is 0 Å². The van der Waals surface area contributed by atoms with Gasteiger partial charge in [-0.1, -0.05) is 20.3 Å². The maximum atomic E-state index is 5.90. The van der Waals surface area contributed by atoms with E-state index < -0.39 is 0 Å². The van der Waals surface area contributed by atoms with E-state index in [4.69, 9.17) is 5.73 Å². The summed E-state index contributed by atoms with van der Waals surface area (Å²) in [5.74, 6) is 1.44. The number of nitrogen functional groups attached to an aromatic ring is 1. The number of aromatic nitrogens is 4. The van der Waals surface area contributed by atoms with Crippen LogP contribution in [0.25, 0.3) is 0 Å². The van der Waals surface area contributed by atoms with Crippen molar-refractivity contribution in [3.05, 3.63) is 17.7 Å². The molecule has 0 fully saturated rings. The molecule has 18 heavy (non-hydrogen) atoms. The molecule has 0 unspecified atom stereocenters. The maximum absolute atomic E-state index is 5.90. The van der Waals surface area contributed by atoms with Gasteiger partial charge in [-0.05, 0) is 29.7 Å². The van der Waals surface area contributed by atoms with E-state index >= 15 is 0 Å². The van der Waals surface area contributed by atoms with E-state index in [1.165, 1.54) is 29.6 Å². The summed E-state index contributed by atoms with van der Waals surface area (Å²) in [6.45, 7) is 4.16. The van der Waals surface area contributed by atoms with Crippen LogP contribution in [0.5, 0.6) is 0 Å². The highest BCUT2D eigenvalue weighted by Gasteiger charge is 2.12. The third-order valence-corrected chi connectivity index (χ3v) is 4.22. The van der Waals surface area contributed by atoms with Crippen LogP contribution in [0.4, 0.5) is 5.82 Å². The van der Waals surface area contributed by atoms with E-state index in [-0.39, 0.29) is 0 Å². The van der Waals surface area contributed by atoms with Crippen LogP contribution >= 0.6 is 23.3 Å². The minimum atomic E-state index is 0.564. The number of nitrogens with two attached hydrogens (primary N) is 1. The summed E-state index contributed by atoms with van der Waals surface area (Å²) in [6.07, 6.45) is 4.25. The third-order valence-electron chi connectivity index (χ3n) is 2.39. The molecule has 0 amide bonds. The van der Waals surface area contributed by atoms with Crippen molar-refractivity contribution < 1.29 is 0 Å². The van der Waals surface area contributed by atoms with Crippen molar-refractivity contribution in [2.75, 3.05) is 5.73 Å². The summed E-state index contributed by atoms with van der Waals surface area (Å²) in [6, 6.07) is 0. The van der Waals surface area contributed by atoms with Crippen LogP contribution in [0.3, 0.4) is 0 Å². The molecule has 0 saturated heterocycles. The molecule has 0 bridgehead atoms. The topological polar surface area (TPSA) is 77.6 Å². The van der Waals surface area contributed by atoms with Crippen molar-refractivity contribution in [1.29, 1.82) is 0 Å². The number of rotatable bonds is 5. The minimum Gasteiger partial charge on any atom is -0.383 e. The van der Waals surface area contributed by atoms with E-state index in [0.29, 0.717) is 5.82 Å². The molecule has 0 aliphatic heterocycles. The second kappa shape index (κ2) is 6.10. The van der Waals surface area contributed by atoms with Gasteiger partial charge in [-0.15, -0.1) is 0 Å². The van der Waals surface area contributed by atoms with Gasteiger partial charge in [0.25, 0.3) is 0 Å². The fourth-order valence-electron chi connectivity index (χ4n) is 1.49. The molecule has 96 valence electrons. The lowest BCUT2D eigenvalue weighted by molar-refractivity contribution is 0.861. The molecule has 2 rings (SSSR count). The molecule has 2 heterocycles. The number of aryl methyl sites for hydroxylation is 1. The first-order valence-electron chi connectivity index (χ1n) is 5.84. The van der Waals surface area contributed by atoms with E-state index in [0.717, 1.165) is 40.0 Å². The number of nitrogens with zero attached hydrogens (tertiary/aromatic N) is 4. The Labute approximate surface area is 114 Å². The summed E-state index contributed by atoms with van der Waals surface area (Å²) >= 11 is 2.92. The lowest BCUT2D eigenvalue weighted by atomic mass is 10.2. The van der Waals surface area contributed by atoms with Gasteiger partial charge in [-0.3, -0.25) is 0 Å². The zero-order valence-electron chi connectivity index (χ0n) is 10.4. The van der Waals surface area contributed by atoms with Crippen molar-refractivity contribution in [1.82, 2.24) is 19.3 Å². The molecule has 2 N–H and O–H groups in total. The first-order valence-corrected chi connectivity index (χ1v) is 7.43. The van der Waals surface area contributed by atoms with Gasteiger partial charge in [0.1, 0.15) is 23.0 Å². The fraction of sp³-hybridized carbons (Fsp3) is 0.455. The highest BCUT2D eigenvalue weighted by Crippen LogP contribution is 2.32. The summed E-state index contributed by atoms with van der Waals surface area (Å²) in [7, 11) is 0. The molecular formula is C11H15N5S2. The quantitative estimate of drug-likeness (QED) is 0.849. The van der Waals surface area contributed by atoms with E-state index in [1.807, 2.05) is 6.92 Å². The number of hydrogen-bond donors (Lipinski definition) is 1. The summed E-state index contributed by atoms with van der Waals surface area (Å²) < 4.78 is 5.17. The van der Waals surface area contributed by atoms with Crippen LogP contribution in [0.15, 0.2) is 15.7 Å². The predicted molar refractivity (Wildman–Crippen MR) is 73.8 cm³/mol. The van der Waals surface area contributed by atoms with Gasteiger partial charge in [0, 0.05) is 12.0 Å². The van der Waals surface area contributed by atoms with Gasteiger partial charge in [0.05, 0.1) is 0 Å². The molecule has 5 nitrogen and oxygen atoms in total. The Morgan fingerprint density at radius 3 is 2.83 bits per heavy atom. The molecule has 0 atom stereocenters. The van der Waals surface area contributed by atoms with E-state index in [9.17, 15) is 0 Å². The zero-order chi connectivity index (χ0) is 13.0. The van der Waals surface area contributed by atoms with Crippen molar-refractivity contribution >= 4 is 29.1 Å². The van der Waals surface area contributed by atoms with Crippen molar-refractivity contribution in [2.45, 2.75) is 42.5 Å². The second-order valence-electron chi connectivity index (χ2n) is 3.72. The zero-order valence-corrected chi connectivity index (χ0v) is 12.0. The van der Waals surface area contributed by atoms with Crippen molar-refractivity contribution in [3.63, 3.8) is 0 Å². The Morgan fingerprint density at radius 2 is 2.17 bits per heavy atom. The van der Waals surface area contributed by atoms with Crippen LogP contribution in [0, 0.1) is 0 Å². The number of anilines is 1. The average molecular weight is 281 g/mol. The molecule has 0 spiro atoms. The van der Waals surface area contributed by atoms with Crippen molar-refractivity contribution in [2.24, 2.45) is 0 Å². The molecule has 0 radical (unpaired) electrons. The predicted octanol–water partition coefficient (Wildman–Crippen LogP) is 2.58. The minimum absolute atomic E-state index is 0.564. The first kappa shape index (κ1) is 13.2. The van der Waals surface area contributed by atoms with Crippen LogP contribution in [-0.4, -0.2) is 19.3 Å². The van der Waals surface area contributed by atoms with Gasteiger partial charge in [0.15, 0.2) is 4.34 Å². The molecule has 0 aliphatic rings. The molecule has 2 aromatic heterocycles. The SMILES string of the molecule is CCCc1c(N)ncnc1Sc1nc(CC)ns1. The monoisotopic (exact) mass is 281 g/mol. The Kier molecular flexibility index (Phi) is 4.48. The van der Waals surface area contributed by atoms with E-state index in [2.05, 4.69) is 26.2 Å².